The highest BCUT2D eigenvalue weighted by molar-refractivity contribution is 7.79. The van der Waals surface area contributed by atoms with Crippen LogP contribution in [0.4, 0.5) is 0 Å². The van der Waals surface area contributed by atoms with Gasteiger partial charge in [-0.15, -0.1) is 6.42 Å². The molecular formula is C10H8O2S. The van der Waals surface area contributed by atoms with Gasteiger partial charge in [0.05, 0.1) is 5.56 Å². The molecule has 0 atom stereocenters. The molecule has 0 aromatic heterocycles. The van der Waals surface area contributed by atoms with Crippen molar-refractivity contribution in [2.75, 3.05) is 0 Å². The predicted octanol–water partition coefficient (Wildman–Crippen LogP) is 1.80. The largest absolute Gasteiger partial charge is 0.478 e. The monoisotopic (exact) mass is 192 g/mol. The maximum Gasteiger partial charge on any atom is 0.335 e. The molecule has 0 aliphatic carbocycles. The Balaban J connectivity index is 3.24. The first-order valence-electron chi connectivity index (χ1n) is 3.62. The minimum absolute atomic E-state index is 0.208. The highest BCUT2D eigenvalue weighted by atomic mass is 32.1. The third-order valence-corrected chi connectivity index (χ3v) is 1.95. The van der Waals surface area contributed by atoms with E-state index in [-0.39, 0.29) is 5.56 Å². The summed E-state index contributed by atoms with van der Waals surface area (Å²) >= 11 is 4.05. The van der Waals surface area contributed by atoms with E-state index in [9.17, 15) is 4.79 Å². The van der Waals surface area contributed by atoms with Gasteiger partial charge in [0.15, 0.2) is 0 Å². The summed E-state index contributed by atoms with van der Waals surface area (Å²) in [6.45, 7) is 0. The maximum absolute atomic E-state index is 10.6. The Labute approximate surface area is 82.0 Å². The number of thiol groups is 1. The van der Waals surface area contributed by atoms with Crippen molar-refractivity contribution in [1.82, 2.24) is 0 Å². The van der Waals surface area contributed by atoms with Gasteiger partial charge in [0.2, 0.25) is 0 Å². The Kier molecular flexibility index (Phi) is 2.99. The van der Waals surface area contributed by atoms with E-state index in [0.717, 1.165) is 5.56 Å². The second-order valence-corrected chi connectivity index (χ2v) is 2.84. The van der Waals surface area contributed by atoms with Gasteiger partial charge in [-0.25, -0.2) is 4.79 Å². The fraction of sp³-hybridized carbons (Fsp3) is 0.100. The molecule has 1 aromatic carbocycles. The molecule has 2 nitrogen and oxygen atoms in total. The average molecular weight is 192 g/mol. The third-order valence-electron chi connectivity index (χ3n) is 1.59. The molecule has 0 unspecified atom stereocenters. The van der Waals surface area contributed by atoms with Crippen LogP contribution in [-0.2, 0) is 5.75 Å². The lowest BCUT2D eigenvalue weighted by atomic mass is 10.1. The molecule has 0 amide bonds. The van der Waals surface area contributed by atoms with Gasteiger partial charge in [-0.05, 0) is 23.8 Å². The first-order valence-corrected chi connectivity index (χ1v) is 4.25. The fourth-order valence-corrected chi connectivity index (χ4v) is 1.17. The second-order valence-electron chi connectivity index (χ2n) is 2.53. The summed E-state index contributed by atoms with van der Waals surface area (Å²) in [7, 11) is 0. The number of hydrogen-bond donors (Lipinski definition) is 2. The van der Waals surface area contributed by atoms with E-state index in [1.54, 1.807) is 12.1 Å². The Morgan fingerprint density at radius 1 is 1.54 bits per heavy atom. The molecule has 0 saturated carbocycles. The standard InChI is InChI=1S/C10H8O2S/c1-2-7-3-8(6-13)5-9(4-7)10(11)12/h1,3-5,13H,6H2,(H,11,12). The maximum atomic E-state index is 10.6. The van der Waals surface area contributed by atoms with Gasteiger partial charge in [-0.3, -0.25) is 0 Å². The second kappa shape index (κ2) is 4.01. The molecular weight excluding hydrogens is 184 g/mol. The Bertz CT molecular complexity index is 377. The number of aromatic carboxylic acids is 1. The van der Waals surface area contributed by atoms with E-state index in [4.69, 9.17) is 11.5 Å². The quantitative estimate of drug-likeness (QED) is 0.553. The average Bonchev–Trinajstić information content (AvgIpc) is 2.16. The van der Waals surface area contributed by atoms with Crippen LogP contribution in [0.5, 0.6) is 0 Å². The minimum Gasteiger partial charge on any atom is -0.478 e. The molecule has 0 heterocycles. The van der Waals surface area contributed by atoms with E-state index in [1.807, 2.05) is 0 Å². The van der Waals surface area contributed by atoms with Gasteiger partial charge in [0.1, 0.15) is 0 Å². The SMILES string of the molecule is C#Cc1cc(CS)cc(C(=O)O)c1. The van der Waals surface area contributed by atoms with Gasteiger partial charge < -0.3 is 5.11 Å². The van der Waals surface area contributed by atoms with Gasteiger partial charge >= 0.3 is 5.97 Å². The zero-order chi connectivity index (χ0) is 9.84. The highest BCUT2D eigenvalue weighted by Crippen LogP contribution is 2.11. The predicted molar refractivity (Wildman–Crippen MR) is 54.0 cm³/mol. The molecule has 0 aliphatic heterocycles. The molecule has 1 N–H and O–H groups in total. The van der Waals surface area contributed by atoms with Crippen molar-refractivity contribution in [3.63, 3.8) is 0 Å². The molecule has 0 fully saturated rings. The molecule has 3 heteroatoms. The van der Waals surface area contributed by atoms with Crippen LogP contribution in [0.2, 0.25) is 0 Å². The van der Waals surface area contributed by atoms with Crippen molar-refractivity contribution in [1.29, 1.82) is 0 Å². The van der Waals surface area contributed by atoms with Gasteiger partial charge in [0, 0.05) is 11.3 Å². The summed E-state index contributed by atoms with van der Waals surface area (Å²) in [5, 5.41) is 8.73. The van der Waals surface area contributed by atoms with Crippen LogP contribution in [-0.4, -0.2) is 11.1 Å². The summed E-state index contributed by atoms with van der Waals surface area (Å²) in [4.78, 5) is 10.6. The van der Waals surface area contributed by atoms with Crippen molar-refractivity contribution >= 4 is 18.6 Å². The summed E-state index contributed by atoms with van der Waals surface area (Å²) in [6.07, 6.45) is 5.17. The fourth-order valence-electron chi connectivity index (χ4n) is 0.990. The van der Waals surface area contributed by atoms with E-state index >= 15 is 0 Å². The van der Waals surface area contributed by atoms with Crippen molar-refractivity contribution < 1.29 is 9.90 Å². The first kappa shape index (κ1) is 9.69. The molecule has 0 spiro atoms. The van der Waals surface area contributed by atoms with Crippen molar-refractivity contribution in [2.45, 2.75) is 5.75 Å². The molecule has 0 aliphatic rings. The topological polar surface area (TPSA) is 37.3 Å². The number of benzene rings is 1. The molecule has 13 heavy (non-hydrogen) atoms. The van der Waals surface area contributed by atoms with Crippen LogP contribution in [0, 0.1) is 12.3 Å². The van der Waals surface area contributed by atoms with Crippen LogP contribution < -0.4 is 0 Å². The lowest BCUT2D eigenvalue weighted by Gasteiger charge is -2.00. The summed E-state index contributed by atoms with van der Waals surface area (Å²) in [5.74, 6) is 1.91. The molecule has 66 valence electrons. The summed E-state index contributed by atoms with van der Waals surface area (Å²) in [5.41, 5.74) is 1.60. The van der Waals surface area contributed by atoms with Gasteiger partial charge in [-0.2, -0.15) is 12.6 Å². The Morgan fingerprint density at radius 2 is 2.23 bits per heavy atom. The first-order chi connectivity index (χ1) is 6.17. The number of terminal acetylenes is 1. The van der Waals surface area contributed by atoms with Crippen LogP contribution in [0.15, 0.2) is 18.2 Å². The lowest BCUT2D eigenvalue weighted by molar-refractivity contribution is 0.0696. The number of carbonyl (C=O) groups is 1. The molecule has 0 bridgehead atoms. The van der Waals surface area contributed by atoms with E-state index in [0.29, 0.717) is 11.3 Å². The van der Waals surface area contributed by atoms with Gasteiger partial charge in [0.25, 0.3) is 0 Å². The van der Waals surface area contributed by atoms with Crippen LogP contribution >= 0.6 is 12.6 Å². The smallest absolute Gasteiger partial charge is 0.335 e. The Hall–Kier alpha value is -1.40. The van der Waals surface area contributed by atoms with Crippen molar-refractivity contribution in [3.8, 4) is 12.3 Å². The molecule has 0 radical (unpaired) electrons. The molecule has 0 saturated heterocycles. The number of rotatable bonds is 2. The van der Waals surface area contributed by atoms with Crippen LogP contribution in [0.1, 0.15) is 21.5 Å². The Morgan fingerprint density at radius 3 is 2.69 bits per heavy atom. The summed E-state index contributed by atoms with van der Waals surface area (Å²) < 4.78 is 0. The normalized spacial score (nSPS) is 9.23. The van der Waals surface area contributed by atoms with E-state index in [1.165, 1.54) is 6.07 Å². The zero-order valence-corrected chi connectivity index (χ0v) is 7.71. The molecule has 1 aromatic rings. The van der Waals surface area contributed by atoms with E-state index < -0.39 is 5.97 Å². The highest BCUT2D eigenvalue weighted by Gasteiger charge is 2.04. The number of carboxylic acid groups (broad SMARTS) is 1. The zero-order valence-electron chi connectivity index (χ0n) is 6.82. The minimum atomic E-state index is -0.972. The van der Waals surface area contributed by atoms with Crippen molar-refractivity contribution in [3.05, 3.63) is 34.9 Å². The third kappa shape index (κ3) is 2.27. The number of carboxylic acids is 1. The van der Waals surface area contributed by atoms with E-state index in [2.05, 4.69) is 18.5 Å². The lowest BCUT2D eigenvalue weighted by Crippen LogP contribution is -1.98. The number of hydrogen-bond acceptors (Lipinski definition) is 2. The van der Waals surface area contributed by atoms with Gasteiger partial charge in [-0.1, -0.05) is 5.92 Å². The molecule has 1 rings (SSSR count). The summed E-state index contributed by atoms with van der Waals surface area (Å²) in [6, 6.07) is 4.78. The van der Waals surface area contributed by atoms with Crippen LogP contribution in [0.3, 0.4) is 0 Å². The van der Waals surface area contributed by atoms with Crippen molar-refractivity contribution in [2.24, 2.45) is 0 Å². The van der Waals surface area contributed by atoms with Crippen LogP contribution in [0.25, 0.3) is 0 Å².